The molecule has 1 unspecified atom stereocenters. The highest BCUT2D eigenvalue weighted by Gasteiger charge is 2.47. The number of amidine groups is 1. The van der Waals surface area contributed by atoms with E-state index in [0.717, 1.165) is 4.90 Å². The second-order valence-electron chi connectivity index (χ2n) is 10.5. The van der Waals surface area contributed by atoms with Crippen LogP contribution in [0.2, 0.25) is 0 Å². The zero-order valence-corrected chi connectivity index (χ0v) is 23.7. The second-order valence-corrected chi connectivity index (χ2v) is 10.5. The molecule has 0 bridgehead atoms. The summed E-state index contributed by atoms with van der Waals surface area (Å²) < 4.78 is 55.8. The zero-order valence-electron chi connectivity index (χ0n) is 23.7. The van der Waals surface area contributed by atoms with Crippen molar-refractivity contribution in [1.29, 1.82) is 10.7 Å². The number of amides is 1. The SMILES string of the molecule is CCOc1cc2c(cc1C(=O)NC)C(=N)N(CC(=O)c1cc(C(C)(C)C)c3oc(NC#N)nc3c1)C2OC(=O)C(F)(F)F. The molecular formula is C28H27F3N6O6. The molecule has 15 heteroatoms. The summed E-state index contributed by atoms with van der Waals surface area (Å²) in [7, 11) is 1.37. The van der Waals surface area contributed by atoms with Crippen LogP contribution in [0.15, 0.2) is 28.7 Å². The van der Waals surface area contributed by atoms with Gasteiger partial charge in [0.15, 0.2) is 17.6 Å². The quantitative estimate of drug-likeness (QED) is 0.146. The molecule has 3 N–H and O–H groups in total. The van der Waals surface area contributed by atoms with E-state index >= 15 is 0 Å². The number of aromatic nitrogens is 1. The number of ketones is 1. The molecule has 0 radical (unpaired) electrons. The molecule has 0 spiro atoms. The van der Waals surface area contributed by atoms with Crippen LogP contribution in [-0.4, -0.2) is 59.8 Å². The van der Waals surface area contributed by atoms with Gasteiger partial charge in [-0.15, -0.1) is 0 Å². The Hall–Kier alpha value is -5.13. The molecule has 0 fully saturated rings. The minimum atomic E-state index is -5.36. The predicted octanol–water partition coefficient (Wildman–Crippen LogP) is 4.40. The van der Waals surface area contributed by atoms with Gasteiger partial charge in [-0.1, -0.05) is 20.8 Å². The smallest absolute Gasteiger partial charge is 0.491 e. The summed E-state index contributed by atoms with van der Waals surface area (Å²) in [5.74, 6) is -4.22. The molecule has 1 amide bonds. The lowest BCUT2D eigenvalue weighted by Gasteiger charge is -2.26. The van der Waals surface area contributed by atoms with Crippen molar-refractivity contribution in [3.05, 3.63) is 52.1 Å². The lowest BCUT2D eigenvalue weighted by atomic mass is 9.85. The summed E-state index contributed by atoms with van der Waals surface area (Å²) in [6.45, 7) is 6.62. The lowest BCUT2D eigenvalue weighted by molar-refractivity contribution is -0.210. The van der Waals surface area contributed by atoms with E-state index in [-0.39, 0.29) is 46.1 Å². The summed E-state index contributed by atoms with van der Waals surface area (Å²) in [5.41, 5.74) is 0.546. The number of nitrogens with zero attached hydrogens (tertiary/aromatic N) is 3. The van der Waals surface area contributed by atoms with Crippen LogP contribution in [0.5, 0.6) is 5.75 Å². The van der Waals surface area contributed by atoms with E-state index in [1.54, 1.807) is 13.1 Å². The lowest BCUT2D eigenvalue weighted by Crippen LogP contribution is -2.38. The van der Waals surface area contributed by atoms with Gasteiger partial charge in [0.1, 0.15) is 17.1 Å². The number of carbonyl (C=O) groups excluding carboxylic acids is 3. The van der Waals surface area contributed by atoms with E-state index < -0.39 is 47.9 Å². The Morgan fingerprint density at radius 3 is 2.47 bits per heavy atom. The number of hydrogen-bond donors (Lipinski definition) is 3. The van der Waals surface area contributed by atoms with Crippen molar-refractivity contribution in [3.63, 3.8) is 0 Å². The van der Waals surface area contributed by atoms with Crippen LogP contribution in [0.1, 0.15) is 71.3 Å². The van der Waals surface area contributed by atoms with Gasteiger partial charge in [-0.05, 0) is 36.6 Å². The minimum absolute atomic E-state index is 0.00462. The molecule has 4 rings (SSSR count). The number of alkyl halides is 3. The minimum Gasteiger partial charge on any atom is -0.493 e. The molecule has 1 aromatic heterocycles. The Bertz CT molecular complexity index is 1690. The molecule has 1 aliphatic rings. The molecule has 3 aromatic rings. The van der Waals surface area contributed by atoms with E-state index in [9.17, 15) is 27.6 Å². The number of benzene rings is 2. The number of hydrogen-bond acceptors (Lipinski definition) is 10. The number of nitriles is 1. The number of Topliss-reactive ketones (excluding diaryl/α,β-unsaturated/α-hetero) is 1. The number of anilines is 1. The summed E-state index contributed by atoms with van der Waals surface area (Å²) in [6.07, 6.45) is -5.49. The molecule has 1 atom stereocenters. The third-order valence-corrected chi connectivity index (χ3v) is 6.56. The fourth-order valence-electron chi connectivity index (χ4n) is 4.59. The van der Waals surface area contributed by atoms with Gasteiger partial charge in [0.25, 0.3) is 5.91 Å². The van der Waals surface area contributed by atoms with Gasteiger partial charge >= 0.3 is 18.2 Å². The van der Waals surface area contributed by atoms with Crippen molar-refractivity contribution in [2.24, 2.45) is 0 Å². The van der Waals surface area contributed by atoms with Gasteiger partial charge in [-0.2, -0.15) is 23.4 Å². The van der Waals surface area contributed by atoms with Crippen molar-refractivity contribution < 1.29 is 41.4 Å². The number of oxazole rings is 1. The number of rotatable bonds is 8. The number of ether oxygens (including phenoxy) is 2. The first-order valence-corrected chi connectivity index (χ1v) is 12.9. The first-order valence-electron chi connectivity index (χ1n) is 12.9. The Labute approximate surface area is 243 Å². The van der Waals surface area contributed by atoms with Gasteiger partial charge in [0.05, 0.1) is 18.7 Å². The van der Waals surface area contributed by atoms with Crippen molar-refractivity contribution in [1.82, 2.24) is 15.2 Å². The molecule has 2 aromatic carbocycles. The molecule has 2 heterocycles. The van der Waals surface area contributed by atoms with Crippen molar-refractivity contribution in [2.45, 2.75) is 45.5 Å². The highest BCUT2D eigenvalue weighted by atomic mass is 19.4. The van der Waals surface area contributed by atoms with Gasteiger partial charge in [-0.25, -0.2) is 10.1 Å². The molecule has 0 saturated heterocycles. The zero-order chi connectivity index (χ0) is 31.9. The maximum atomic E-state index is 13.7. The first-order chi connectivity index (χ1) is 20.1. The third kappa shape index (κ3) is 5.94. The number of esters is 1. The van der Waals surface area contributed by atoms with Gasteiger partial charge < -0.3 is 24.1 Å². The molecule has 0 saturated carbocycles. The van der Waals surface area contributed by atoms with E-state index in [1.807, 2.05) is 20.8 Å². The van der Waals surface area contributed by atoms with Crippen LogP contribution in [0.25, 0.3) is 11.1 Å². The van der Waals surface area contributed by atoms with Gasteiger partial charge in [-0.3, -0.25) is 15.0 Å². The second kappa shape index (κ2) is 11.3. The Kier molecular flexibility index (Phi) is 8.08. The Morgan fingerprint density at radius 2 is 1.88 bits per heavy atom. The van der Waals surface area contributed by atoms with Crippen molar-refractivity contribution in [2.75, 3.05) is 25.5 Å². The van der Waals surface area contributed by atoms with Gasteiger partial charge in [0.2, 0.25) is 6.23 Å². The van der Waals surface area contributed by atoms with Crippen LogP contribution in [-0.2, 0) is 14.9 Å². The summed E-state index contributed by atoms with van der Waals surface area (Å²) >= 11 is 0. The number of nitrogens with one attached hydrogen (secondary N) is 3. The molecule has 43 heavy (non-hydrogen) atoms. The maximum absolute atomic E-state index is 13.7. The fourth-order valence-corrected chi connectivity index (χ4v) is 4.59. The van der Waals surface area contributed by atoms with Crippen LogP contribution < -0.4 is 15.4 Å². The van der Waals surface area contributed by atoms with E-state index in [0.29, 0.717) is 11.1 Å². The van der Waals surface area contributed by atoms with E-state index in [4.69, 9.17) is 24.6 Å². The van der Waals surface area contributed by atoms with E-state index in [1.165, 1.54) is 31.3 Å². The first kappa shape index (κ1) is 30.8. The average Bonchev–Trinajstić information content (AvgIpc) is 3.44. The summed E-state index contributed by atoms with van der Waals surface area (Å²) in [4.78, 5) is 43.2. The fraction of sp³-hybridized carbons (Fsp3) is 0.357. The van der Waals surface area contributed by atoms with Crippen LogP contribution in [0, 0.1) is 16.9 Å². The van der Waals surface area contributed by atoms with Crippen molar-refractivity contribution >= 4 is 40.6 Å². The Morgan fingerprint density at radius 1 is 1.19 bits per heavy atom. The van der Waals surface area contributed by atoms with Gasteiger partial charge in [0, 0.05) is 29.3 Å². The summed E-state index contributed by atoms with van der Waals surface area (Å²) in [5, 5.41) is 22.4. The van der Waals surface area contributed by atoms with Crippen LogP contribution in [0.3, 0.4) is 0 Å². The number of carbonyl (C=O) groups is 3. The number of fused-ring (bicyclic) bond motifs is 2. The Balaban J connectivity index is 1.80. The molecule has 12 nitrogen and oxygen atoms in total. The molecule has 0 aliphatic carbocycles. The topological polar surface area (TPSA) is 171 Å². The molecule has 226 valence electrons. The third-order valence-electron chi connectivity index (χ3n) is 6.56. The van der Waals surface area contributed by atoms with Crippen LogP contribution in [0.4, 0.5) is 19.2 Å². The summed E-state index contributed by atoms with van der Waals surface area (Å²) in [6, 6.07) is 5.29. The van der Waals surface area contributed by atoms with E-state index in [2.05, 4.69) is 15.6 Å². The largest absolute Gasteiger partial charge is 0.493 e. The monoisotopic (exact) mass is 600 g/mol. The average molecular weight is 601 g/mol. The maximum Gasteiger partial charge on any atom is 0.491 e. The van der Waals surface area contributed by atoms with Crippen molar-refractivity contribution in [3.8, 4) is 11.9 Å². The number of halogens is 3. The predicted molar refractivity (Wildman–Crippen MR) is 146 cm³/mol. The molecular weight excluding hydrogens is 573 g/mol. The van der Waals surface area contributed by atoms with Crippen LogP contribution >= 0.6 is 0 Å². The molecule has 1 aliphatic heterocycles. The highest BCUT2D eigenvalue weighted by molar-refractivity contribution is 6.08. The highest BCUT2D eigenvalue weighted by Crippen LogP contribution is 2.40. The standard InChI is InChI=1S/C28H27F3N6O6/c1-6-41-20-10-15-14(9-16(20)23(39)34-5)22(33)37(24(15)43-25(40)28(29,30)31)11-19(38)13-7-17(27(2,3)4)21-18(8-13)36-26(42-21)35-12-32/h7-10,24,33H,6,11H2,1-5H3,(H,34,39)(H,35,36). The normalized spacial score (nSPS) is 14.7.